The molecule has 78 valence electrons. The highest BCUT2D eigenvalue weighted by Crippen LogP contribution is 2.13. The lowest BCUT2D eigenvalue weighted by molar-refractivity contribution is 0.125. The van der Waals surface area contributed by atoms with E-state index in [4.69, 9.17) is 0 Å². The lowest BCUT2D eigenvalue weighted by atomic mass is 9.99. The molecule has 0 spiro atoms. The van der Waals surface area contributed by atoms with Crippen molar-refractivity contribution in [1.29, 1.82) is 0 Å². The molecule has 0 heterocycles. The fourth-order valence-electron chi connectivity index (χ4n) is 1.21. The van der Waals surface area contributed by atoms with Gasteiger partial charge in [0.15, 0.2) is 0 Å². The van der Waals surface area contributed by atoms with E-state index in [2.05, 4.69) is 0 Å². The van der Waals surface area contributed by atoms with Gasteiger partial charge in [0.2, 0.25) is 0 Å². The second-order valence-electron chi connectivity index (χ2n) is 3.79. The Kier molecular flexibility index (Phi) is 3.58. The zero-order valence-corrected chi connectivity index (χ0v) is 8.30. The highest BCUT2D eigenvalue weighted by Gasteiger charge is 2.11. The van der Waals surface area contributed by atoms with E-state index < -0.39 is 17.7 Å². The van der Waals surface area contributed by atoms with Crippen LogP contribution in [-0.2, 0) is 6.42 Å². The number of aliphatic hydroxyl groups excluding tert-OH is 1. The molecule has 1 unspecified atom stereocenters. The Balaban J connectivity index is 2.76. The second kappa shape index (κ2) is 4.51. The van der Waals surface area contributed by atoms with E-state index in [0.29, 0.717) is 5.56 Å². The number of hydrogen-bond donors (Lipinski definition) is 1. The monoisotopic (exact) mass is 200 g/mol. The average Bonchev–Trinajstić information content (AvgIpc) is 2.01. The summed E-state index contributed by atoms with van der Waals surface area (Å²) in [6.07, 6.45) is -0.275. The van der Waals surface area contributed by atoms with Crippen molar-refractivity contribution in [2.45, 2.75) is 26.4 Å². The summed E-state index contributed by atoms with van der Waals surface area (Å²) in [6.45, 7) is 3.72. The quantitative estimate of drug-likeness (QED) is 0.794. The minimum atomic E-state index is -0.601. The molecular weight excluding hydrogens is 186 g/mol. The largest absolute Gasteiger partial charge is 0.393 e. The van der Waals surface area contributed by atoms with Gasteiger partial charge in [-0.1, -0.05) is 13.8 Å². The van der Waals surface area contributed by atoms with Crippen LogP contribution in [0.5, 0.6) is 0 Å². The van der Waals surface area contributed by atoms with Crippen LogP contribution in [0.25, 0.3) is 0 Å². The van der Waals surface area contributed by atoms with E-state index >= 15 is 0 Å². The fourth-order valence-corrected chi connectivity index (χ4v) is 1.21. The highest BCUT2D eigenvalue weighted by molar-refractivity contribution is 5.18. The third kappa shape index (κ3) is 3.07. The van der Waals surface area contributed by atoms with Crippen molar-refractivity contribution in [2.24, 2.45) is 5.92 Å². The Labute approximate surface area is 82.4 Å². The number of benzene rings is 1. The molecule has 0 aliphatic rings. The molecule has 0 amide bonds. The molecule has 0 aromatic heterocycles. The smallest absolute Gasteiger partial charge is 0.126 e. The van der Waals surface area contributed by atoms with Crippen molar-refractivity contribution in [3.8, 4) is 0 Å². The molecule has 1 nitrogen and oxygen atoms in total. The molecular formula is C11H14F2O. The van der Waals surface area contributed by atoms with Crippen LogP contribution in [0.2, 0.25) is 0 Å². The van der Waals surface area contributed by atoms with Gasteiger partial charge in [-0.15, -0.1) is 0 Å². The molecule has 0 aliphatic heterocycles. The van der Waals surface area contributed by atoms with Gasteiger partial charge in [0, 0.05) is 6.07 Å². The molecule has 1 rings (SSSR count). The fraction of sp³-hybridized carbons (Fsp3) is 0.455. The third-order valence-electron chi connectivity index (χ3n) is 2.14. The van der Waals surface area contributed by atoms with Crippen LogP contribution in [0.15, 0.2) is 18.2 Å². The van der Waals surface area contributed by atoms with E-state index in [1.54, 1.807) is 0 Å². The molecule has 3 heteroatoms. The second-order valence-corrected chi connectivity index (χ2v) is 3.79. The maximum atomic E-state index is 12.8. The molecule has 1 N–H and O–H groups in total. The van der Waals surface area contributed by atoms with Gasteiger partial charge in [-0.05, 0) is 30.0 Å². The summed E-state index contributed by atoms with van der Waals surface area (Å²) in [7, 11) is 0. The topological polar surface area (TPSA) is 20.2 Å². The first-order valence-electron chi connectivity index (χ1n) is 4.62. The zero-order chi connectivity index (χ0) is 10.7. The number of halogens is 2. The van der Waals surface area contributed by atoms with E-state index in [0.717, 1.165) is 6.07 Å². The zero-order valence-electron chi connectivity index (χ0n) is 8.30. The average molecular weight is 200 g/mol. The van der Waals surface area contributed by atoms with Gasteiger partial charge in [-0.3, -0.25) is 0 Å². The van der Waals surface area contributed by atoms with Crippen LogP contribution < -0.4 is 0 Å². The lowest BCUT2D eigenvalue weighted by Crippen LogP contribution is -2.17. The number of hydrogen-bond acceptors (Lipinski definition) is 1. The molecule has 1 aromatic rings. The Morgan fingerprint density at radius 2 is 1.64 bits per heavy atom. The summed E-state index contributed by atoms with van der Waals surface area (Å²) in [5, 5.41) is 9.52. The van der Waals surface area contributed by atoms with E-state index in [9.17, 15) is 13.9 Å². The van der Waals surface area contributed by atoms with Gasteiger partial charge in [-0.25, -0.2) is 8.78 Å². The normalized spacial score (nSPS) is 13.3. The van der Waals surface area contributed by atoms with E-state index in [1.807, 2.05) is 13.8 Å². The predicted molar refractivity (Wildman–Crippen MR) is 50.9 cm³/mol. The van der Waals surface area contributed by atoms with Gasteiger partial charge in [0.1, 0.15) is 11.6 Å². The SMILES string of the molecule is CC(C)C(O)Cc1cc(F)cc(F)c1. The maximum Gasteiger partial charge on any atom is 0.126 e. The minimum absolute atomic E-state index is 0.0846. The van der Waals surface area contributed by atoms with E-state index in [1.165, 1.54) is 12.1 Å². The molecule has 0 radical (unpaired) electrons. The molecule has 0 saturated carbocycles. The van der Waals surface area contributed by atoms with Crippen LogP contribution in [0, 0.1) is 17.6 Å². The van der Waals surface area contributed by atoms with Crippen LogP contribution in [0.1, 0.15) is 19.4 Å². The first-order chi connectivity index (χ1) is 6.49. The Bertz CT molecular complexity index is 290. The van der Waals surface area contributed by atoms with Crippen molar-refractivity contribution < 1.29 is 13.9 Å². The summed E-state index contributed by atoms with van der Waals surface area (Å²) in [5.41, 5.74) is 0.490. The standard InChI is InChI=1S/C11H14F2O/c1-7(2)11(14)5-8-3-9(12)6-10(13)4-8/h3-4,6-7,11,14H,5H2,1-2H3. The number of rotatable bonds is 3. The molecule has 0 bridgehead atoms. The molecule has 14 heavy (non-hydrogen) atoms. The van der Waals surface area contributed by atoms with Crippen LogP contribution in [-0.4, -0.2) is 11.2 Å². The maximum absolute atomic E-state index is 12.8. The van der Waals surface area contributed by atoms with Crippen molar-refractivity contribution >= 4 is 0 Å². The Hall–Kier alpha value is -0.960. The first kappa shape index (κ1) is 11.1. The van der Waals surface area contributed by atoms with Gasteiger partial charge in [0.25, 0.3) is 0 Å². The van der Waals surface area contributed by atoms with Gasteiger partial charge in [0.05, 0.1) is 6.10 Å². The van der Waals surface area contributed by atoms with Crippen LogP contribution in [0.4, 0.5) is 8.78 Å². The van der Waals surface area contributed by atoms with Crippen LogP contribution >= 0.6 is 0 Å². The van der Waals surface area contributed by atoms with Crippen molar-refractivity contribution in [3.63, 3.8) is 0 Å². The minimum Gasteiger partial charge on any atom is -0.393 e. The molecule has 1 aromatic carbocycles. The Morgan fingerprint density at radius 1 is 1.14 bits per heavy atom. The van der Waals surface area contributed by atoms with Crippen molar-refractivity contribution in [3.05, 3.63) is 35.4 Å². The van der Waals surface area contributed by atoms with Crippen LogP contribution in [0.3, 0.4) is 0 Å². The summed E-state index contributed by atoms with van der Waals surface area (Å²) >= 11 is 0. The highest BCUT2D eigenvalue weighted by atomic mass is 19.1. The van der Waals surface area contributed by atoms with Crippen molar-refractivity contribution in [1.82, 2.24) is 0 Å². The van der Waals surface area contributed by atoms with Crippen molar-refractivity contribution in [2.75, 3.05) is 0 Å². The first-order valence-corrected chi connectivity index (χ1v) is 4.62. The summed E-state index contributed by atoms with van der Waals surface area (Å²) in [6, 6.07) is 3.31. The predicted octanol–water partition coefficient (Wildman–Crippen LogP) is 2.52. The molecule has 0 aliphatic carbocycles. The summed E-state index contributed by atoms with van der Waals surface area (Å²) in [4.78, 5) is 0. The summed E-state index contributed by atoms with van der Waals surface area (Å²) < 4.78 is 25.5. The Morgan fingerprint density at radius 3 is 2.07 bits per heavy atom. The number of aliphatic hydroxyl groups is 1. The molecule has 0 saturated heterocycles. The third-order valence-corrected chi connectivity index (χ3v) is 2.14. The van der Waals surface area contributed by atoms with E-state index in [-0.39, 0.29) is 12.3 Å². The van der Waals surface area contributed by atoms with Gasteiger partial charge in [-0.2, -0.15) is 0 Å². The lowest BCUT2D eigenvalue weighted by Gasteiger charge is -2.14. The van der Waals surface area contributed by atoms with Gasteiger partial charge < -0.3 is 5.11 Å². The van der Waals surface area contributed by atoms with Gasteiger partial charge >= 0.3 is 0 Å². The summed E-state index contributed by atoms with van der Waals surface area (Å²) in [5.74, 6) is -1.12. The molecule has 0 fully saturated rings. The molecule has 1 atom stereocenters.